The van der Waals surface area contributed by atoms with Gasteiger partial charge in [-0.1, -0.05) is 6.42 Å². The van der Waals surface area contributed by atoms with Crippen LogP contribution in [0.2, 0.25) is 0 Å². The summed E-state index contributed by atoms with van der Waals surface area (Å²) < 4.78 is 1.95. The van der Waals surface area contributed by atoms with E-state index >= 15 is 0 Å². The zero-order chi connectivity index (χ0) is 13.3. The summed E-state index contributed by atoms with van der Waals surface area (Å²) in [6, 6.07) is 2.03. The number of hydrogen-bond donors (Lipinski definition) is 1. The van der Waals surface area contributed by atoms with Crippen LogP contribution in [0.25, 0.3) is 0 Å². The highest BCUT2D eigenvalue weighted by atomic mass is 16.2. The number of nitrogens with two attached hydrogens (primary N) is 1. The number of aromatic nitrogens is 1. The van der Waals surface area contributed by atoms with Crippen LogP contribution in [0.5, 0.6) is 0 Å². The summed E-state index contributed by atoms with van der Waals surface area (Å²) in [5.41, 5.74) is 7.16. The predicted octanol–water partition coefficient (Wildman–Crippen LogP) is 2.52. The largest absolute Gasteiger partial charge is 0.397 e. The molecule has 2 rings (SSSR count). The van der Waals surface area contributed by atoms with E-state index in [4.69, 9.17) is 5.73 Å². The normalized spacial score (nSPS) is 15.8. The van der Waals surface area contributed by atoms with E-state index in [0.29, 0.717) is 17.3 Å². The third-order valence-corrected chi connectivity index (χ3v) is 3.75. The summed E-state index contributed by atoms with van der Waals surface area (Å²) in [5.74, 6) is 0.769. The highest BCUT2D eigenvalue weighted by Crippen LogP contribution is 2.27. The Hall–Kier alpha value is -1.45. The number of hydrogen-bond acceptors (Lipinski definition) is 2. The molecule has 1 saturated carbocycles. The molecule has 1 aliphatic rings. The van der Waals surface area contributed by atoms with Crippen molar-refractivity contribution in [1.82, 2.24) is 9.47 Å². The van der Waals surface area contributed by atoms with Crippen molar-refractivity contribution in [3.63, 3.8) is 0 Å². The van der Waals surface area contributed by atoms with E-state index in [1.165, 1.54) is 19.3 Å². The Morgan fingerprint density at radius 1 is 1.56 bits per heavy atom. The molecule has 1 amide bonds. The Balaban J connectivity index is 2.11. The third kappa shape index (κ3) is 2.52. The lowest BCUT2D eigenvalue weighted by Gasteiger charge is -2.30. The first-order chi connectivity index (χ1) is 8.49. The van der Waals surface area contributed by atoms with Crippen LogP contribution in [0, 0.1) is 5.92 Å². The monoisotopic (exact) mass is 249 g/mol. The fraction of sp³-hybridized carbons (Fsp3) is 0.643. The van der Waals surface area contributed by atoms with Gasteiger partial charge >= 0.3 is 0 Å². The van der Waals surface area contributed by atoms with Crippen molar-refractivity contribution >= 4 is 11.6 Å². The van der Waals surface area contributed by atoms with Crippen LogP contribution < -0.4 is 5.73 Å². The van der Waals surface area contributed by atoms with Gasteiger partial charge in [-0.15, -0.1) is 0 Å². The number of nitrogens with zero attached hydrogens (tertiary/aromatic N) is 2. The zero-order valence-corrected chi connectivity index (χ0v) is 11.5. The van der Waals surface area contributed by atoms with Gasteiger partial charge in [-0.2, -0.15) is 0 Å². The maximum atomic E-state index is 12.4. The van der Waals surface area contributed by atoms with Crippen LogP contribution in [-0.2, 0) is 0 Å². The van der Waals surface area contributed by atoms with Gasteiger partial charge in [0, 0.05) is 25.8 Å². The molecule has 1 heterocycles. The summed E-state index contributed by atoms with van der Waals surface area (Å²) in [5, 5.41) is 0. The first kappa shape index (κ1) is 13.0. The maximum Gasteiger partial charge on any atom is 0.270 e. The van der Waals surface area contributed by atoms with Crippen LogP contribution in [0.4, 0.5) is 5.69 Å². The van der Waals surface area contributed by atoms with Crippen molar-refractivity contribution in [2.24, 2.45) is 5.92 Å². The Bertz CT molecular complexity index is 432. The van der Waals surface area contributed by atoms with Gasteiger partial charge in [0.05, 0.1) is 5.69 Å². The van der Waals surface area contributed by atoms with Gasteiger partial charge in [-0.3, -0.25) is 4.79 Å². The Morgan fingerprint density at radius 3 is 2.72 bits per heavy atom. The van der Waals surface area contributed by atoms with E-state index in [9.17, 15) is 4.79 Å². The van der Waals surface area contributed by atoms with Crippen molar-refractivity contribution in [3.05, 3.63) is 18.0 Å². The van der Waals surface area contributed by atoms with Crippen LogP contribution >= 0.6 is 0 Å². The molecule has 4 heteroatoms. The Morgan fingerprint density at radius 2 is 2.22 bits per heavy atom. The lowest BCUT2D eigenvalue weighted by molar-refractivity contribution is 0.0733. The highest BCUT2D eigenvalue weighted by Gasteiger charge is 2.24. The molecule has 0 unspecified atom stereocenters. The Kier molecular flexibility index (Phi) is 3.64. The molecule has 0 atom stereocenters. The maximum absolute atomic E-state index is 12.4. The molecule has 18 heavy (non-hydrogen) atoms. The molecule has 0 aliphatic heterocycles. The molecule has 2 N–H and O–H groups in total. The predicted molar refractivity (Wildman–Crippen MR) is 73.5 cm³/mol. The topological polar surface area (TPSA) is 51.3 Å². The van der Waals surface area contributed by atoms with Gasteiger partial charge in [0.1, 0.15) is 5.69 Å². The molecule has 0 saturated heterocycles. The molecular weight excluding hydrogens is 226 g/mol. The lowest BCUT2D eigenvalue weighted by atomic mass is 9.85. The molecule has 0 bridgehead atoms. The van der Waals surface area contributed by atoms with Gasteiger partial charge in [0.2, 0.25) is 0 Å². The van der Waals surface area contributed by atoms with Crippen LogP contribution in [-0.4, -0.2) is 29.0 Å². The fourth-order valence-electron chi connectivity index (χ4n) is 2.44. The number of rotatable bonds is 4. The second-order valence-electron chi connectivity index (χ2n) is 5.64. The van der Waals surface area contributed by atoms with Crippen LogP contribution in [0.1, 0.15) is 49.6 Å². The molecule has 100 valence electrons. The molecule has 1 aliphatic carbocycles. The molecule has 0 spiro atoms. The minimum Gasteiger partial charge on any atom is -0.397 e. The van der Waals surface area contributed by atoms with E-state index in [1.807, 2.05) is 22.7 Å². The van der Waals surface area contributed by atoms with Crippen molar-refractivity contribution < 1.29 is 4.79 Å². The van der Waals surface area contributed by atoms with Gasteiger partial charge in [-0.05, 0) is 38.7 Å². The van der Waals surface area contributed by atoms with Crippen molar-refractivity contribution in [1.29, 1.82) is 0 Å². The van der Waals surface area contributed by atoms with Crippen molar-refractivity contribution in [3.8, 4) is 0 Å². The second kappa shape index (κ2) is 5.04. The molecule has 1 fully saturated rings. The number of anilines is 1. The van der Waals surface area contributed by atoms with Gasteiger partial charge in [-0.25, -0.2) is 0 Å². The highest BCUT2D eigenvalue weighted by molar-refractivity contribution is 5.93. The standard InChI is InChI=1S/C14H23N3O/c1-10(2)17-9-12(15)7-13(17)14(18)16(3)8-11-5-4-6-11/h7,9-11H,4-6,8,15H2,1-3H3. The fourth-order valence-corrected chi connectivity index (χ4v) is 2.44. The van der Waals surface area contributed by atoms with Crippen molar-refractivity contribution in [2.75, 3.05) is 19.3 Å². The van der Waals surface area contributed by atoms with E-state index in [0.717, 1.165) is 6.54 Å². The summed E-state index contributed by atoms with van der Waals surface area (Å²) in [6.45, 7) is 4.98. The van der Waals surface area contributed by atoms with Gasteiger partial charge in [0.15, 0.2) is 0 Å². The van der Waals surface area contributed by atoms with Gasteiger partial charge < -0.3 is 15.2 Å². The van der Waals surface area contributed by atoms with Crippen molar-refractivity contribution in [2.45, 2.75) is 39.2 Å². The smallest absolute Gasteiger partial charge is 0.270 e. The molecular formula is C14H23N3O. The molecule has 1 aromatic heterocycles. The summed E-state index contributed by atoms with van der Waals surface area (Å²) in [4.78, 5) is 14.2. The van der Waals surface area contributed by atoms with Gasteiger partial charge in [0.25, 0.3) is 5.91 Å². The third-order valence-electron chi connectivity index (χ3n) is 3.75. The van der Waals surface area contributed by atoms with E-state index in [-0.39, 0.29) is 11.9 Å². The minimum atomic E-state index is 0.0762. The molecule has 0 radical (unpaired) electrons. The average Bonchev–Trinajstić information content (AvgIpc) is 2.64. The average molecular weight is 249 g/mol. The van der Waals surface area contributed by atoms with E-state index in [2.05, 4.69) is 13.8 Å². The lowest BCUT2D eigenvalue weighted by Crippen LogP contribution is -2.35. The first-order valence-corrected chi connectivity index (χ1v) is 6.72. The molecule has 0 aromatic carbocycles. The quantitative estimate of drug-likeness (QED) is 0.891. The van der Waals surface area contributed by atoms with E-state index in [1.54, 1.807) is 6.07 Å². The zero-order valence-electron chi connectivity index (χ0n) is 11.5. The van der Waals surface area contributed by atoms with Crippen LogP contribution in [0.3, 0.4) is 0 Å². The van der Waals surface area contributed by atoms with E-state index < -0.39 is 0 Å². The second-order valence-corrected chi connectivity index (χ2v) is 5.64. The number of carbonyl (C=O) groups excluding carboxylic acids is 1. The number of amides is 1. The Labute approximate surface area is 109 Å². The minimum absolute atomic E-state index is 0.0762. The summed E-state index contributed by atoms with van der Waals surface area (Å²) >= 11 is 0. The summed E-state index contributed by atoms with van der Waals surface area (Å²) in [6.07, 6.45) is 5.66. The molecule has 1 aromatic rings. The number of nitrogen functional groups attached to an aromatic ring is 1. The first-order valence-electron chi connectivity index (χ1n) is 6.72. The SMILES string of the molecule is CC(C)n1cc(N)cc1C(=O)N(C)CC1CCC1. The van der Waals surface area contributed by atoms with Crippen LogP contribution in [0.15, 0.2) is 12.3 Å². The number of carbonyl (C=O) groups is 1. The molecule has 4 nitrogen and oxygen atoms in total. The summed E-state index contributed by atoms with van der Waals surface area (Å²) in [7, 11) is 1.88.